The first-order valence-corrected chi connectivity index (χ1v) is 9.41. The zero-order valence-corrected chi connectivity index (χ0v) is 16.4. The number of halogens is 2. The largest absolute Gasteiger partial charge is 0.507 e. The van der Waals surface area contributed by atoms with Gasteiger partial charge >= 0.3 is 0 Å². The molecule has 6 heteroatoms. The second-order valence-corrected chi connectivity index (χ2v) is 7.05. The topological polar surface area (TPSA) is 58.1 Å². The van der Waals surface area contributed by atoms with Crippen LogP contribution >= 0.6 is 11.6 Å². The van der Waals surface area contributed by atoms with E-state index >= 15 is 0 Å². The number of H-pyrrole nitrogens is 1. The van der Waals surface area contributed by atoms with Gasteiger partial charge in [0.2, 0.25) is 0 Å². The second-order valence-electron chi connectivity index (χ2n) is 6.64. The van der Waals surface area contributed by atoms with Crippen molar-refractivity contribution in [1.29, 1.82) is 0 Å². The van der Waals surface area contributed by atoms with Gasteiger partial charge in [0, 0.05) is 28.5 Å². The summed E-state index contributed by atoms with van der Waals surface area (Å²) < 4.78 is 18.9. The summed E-state index contributed by atoms with van der Waals surface area (Å²) in [5.41, 5.74) is 4.79. The van der Waals surface area contributed by atoms with Gasteiger partial charge in [0.15, 0.2) is 0 Å². The van der Waals surface area contributed by atoms with E-state index in [-0.39, 0.29) is 12.4 Å². The lowest BCUT2D eigenvalue weighted by atomic mass is 9.99. The summed E-state index contributed by atoms with van der Waals surface area (Å²) >= 11 is 6.03. The van der Waals surface area contributed by atoms with E-state index in [0.29, 0.717) is 27.6 Å². The Bertz CT molecular complexity index is 1160. The molecule has 0 aliphatic carbocycles. The number of phenolic OH excluding ortho intramolecular Hbond substituents is 1. The molecule has 0 bridgehead atoms. The molecule has 0 saturated carbocycles. The number of hydrogen-bond acceptors (Lipinski definition) is 3. The number of nitrogens with one attached hydrogen (secondary N) is 1. The molecule has 0 spiro atoms. The van der Waals surface area contributed by atoms with E-state index in [9.17, 15) is 9.50 Å². The highest BCUT2D eigenvalue weighted by atomic mass is 35.5. The number of phenols is 1. The van der Waals surface area contributed by atoms with E-state index in [1.54, 1.807) is 18.2 Å². The van der Waals surface area contributed by atoms with Gasteiger partial charge in [-0.3, -0.25) is 5.10 Å². The lowest BCUT2D eigenvalue weighted by Gasteiger charge is -2.11. The molecule has 3 aromatic carbocycles. The van der Waals surface area contributed by atoms with Crippen molar-refractivity contribution in [3.05, 3.63) is 88.8 Å². The number of aromatic nitrogens is 2. The Morgan fingerprint density at radius 1 is 1.07 bits per heavy atom. The van der Waals surface area contributed by atoms with Gasteiger partial charge in [-0.05, 0) is 36.8 Å². The van der Waals surface area contributed by atoms with Crippen LogP contribution < -0.4 is 4.74 Å². The lowest BCUT2D eigenvalue weighted by molar-refractivity contribution is 0.304. The molecule has 0 aliphatic heterocycles. The predicted octanol–water partition coefficient (Wildman–Crippen LogP) is 6.13. The average molecular weight is 409 g/mol. The molecule has 0 radical (unpaired) electrons. The van der Waals surface area contributed by atoms with Gasteiger partial charge in [-0.1, -0.05) is 48.0 Å². The lowest BCUT2D eigenvalue weighted by Crippen LogP contribution is -1.97. The van der Waals surface area contributed by atoms with Crippen LogP contribution in [-0.2, 0) is 6.61 Å². The Balaban J connectivity index is 1.60. The number of nitrogens with zero attached hydrogens (tertiary/aromatic N) is 1. The van der Waals surface area contributed by atoms with E-state index in [4.69, 9.17) is 16.3 Å². The van der Waals surface area contributed by atoms with E-state index < -0.39 is 5.82 Å². The zero-order chi connectivity index (χ0) is 20.4. The number of rotatable bonds is 5. The van der Waals surface area contributed by atoms with Crippen LogP contribution in [0.2, 0.25) is 5.02 Å². The molecule has 0 atom stereocenters. The van der Waals surface area contributed by atoms with Crippen LogP contribution in [0.1, 0.15) is 11.3 Å². The summed E-state index contributed by atoms with van der Waals surface area (Å²) in [4.78, 5) is 0. The minimum absolute atomic E-state index is 0.0522. The van der Waals surface area contributed by atoms with Crippen molar-refractivity contribution in [2.24, 2.45) is 0 Å². The van der Waals surface area contributed by atoms with Gasteiger partial charge in [-0.25, -0.2) is 4.39 Å². The van der Waals surface area contributed by atoms with Crippen LogP contribution in [0.15, 0.2) is 66.7 Å². The fourth-order valence-electron chi connectivity index (χ4n) is 3.18. The first-order valence-electron chi connectivity index (χ1n) is 9.03. The van der Waals surface area contributed by atoms with Gasteiger partial charge in [-0.15, -0.1) is 0 Å². The molecule has 0 amide bonds. The Morgan fingerprint density at radius 2 is 1.86 bits per heavy atom. The molecule has 4 nitrogen and oxygen atoms in total. The molecule has 1 aromatic heterocycles. The third-order valence-corrected chi connectivity index (χ3v) is 5.00. The Kier molecular flexibility index (Phi) is 5.23. The van der Waals surface area contributed by atoms with E-state index in [1.165, 1.54) is 18.2 Å². The number of aromatic hydroxyl groups is 1. The average Bonchev–Trinajstić information content (AvgIpc) is 3.09. The number of benzene rings is 3. The van der Waals surface area contributed by atoms with Crippen LogP contribution in [0.4, 0.5) is 4.39 Å². The quantitative estimate of drug-likeness (QED) is 0.417. The van der Waals surface area contributed by atoms with Crippen molar-refractivity contribution in [3.8, 4) is 33.9 Å². The van der Waals surface area contributed by atoms with Gasteiger partial charge in [0.25, 0.3) is 0 Å². The number of ether oxygens (including phenoxy) is 1. The standard InChI is InChI=1S/C23H18ClFN2O2/c1-14-22(15-5-3-2-4-6-15)23(27-26-14)19-10-9-18(12-21(19)28)29-13-16-7-8-17(25)11-20(16)24/h2-12,28H,13H2,1H3,(H,26,27). The maximum atomic E-state index is 13.2. The molecule has 29 heavy (non-hydrogen) atoms. The molecule has 4 aromatic rings. The number of aromatic amines is 1. The van der Waals surface area contributed by atoms with Gasteiger partial charge in [0.05, 0.1) is 5.02 Å². The van der Waals surface area contributed by atoms with Crippen molar-refractivity contribution in [1.82, 2.24) is 10.2 Å². The smallest absolute Gasteiger partial charge is 0.128 e. The summed E-state index contributed by atoms with van der Waals surface area (Å²) in [6.45, 7) is 2.11. The first-order chi connectivity index (χ1) is 14.0. The summed E-state index contributed by atoms with van der Waals surface area (Å²) in [6, 6.07) is 19.1. The Labute approximate surface area is 172 Å². The van der Waals surface area contributed by atoms with Crippen molar-refractivity contribution < 1.29 is 14.2 Å². The van der Waals surface area contributed by atoms with Crippen LogP contribution in [0, 0.1) is 12.7 Å². The molecular weight excluding hydrogens is 391 g/mol. The summed E-state index contributed by atoms with van der Waals surface area (Å²) in [5.74, 6) is 0.126. The minimum atomic E-state index is -0.399. The Hall–Kier alpha value is -3.31. The Morgan fingerprint density at radius 3 is 2.59 bits per heavy atom. The van der Waals surface area contributed by atoms with Crippen molar-refractivity contribution >= 4 is 11.6 Å². The SMILES string of the molecule is Cc1[nH]nc(-c2ccc(OCc3ccc(F)cc3Cl)cc2O)c1-c1ccccc1. The van der Waals surface area contributed by atoms with Crippen LogP contribution in [0.25, 0.3) is 22.4 Å². The predicted molar refractivity (Wildman–Crippen MR) is 112 cm³/mol. The third-order valence-electron chi connectivity index (χ3n) is 4.64. The molecule has 0 aliphatic rings. The maximum absolute atomic E-state index is 13.2. The fourth-order valence-corrected chi connectivity index (χ4v) is 3.41. The molecular formula is C23H18ClFN2O2. The molecule has 0 saturated heterocycles. The van der Waals surface area contributed by atoms with E-state index in [1.807, 2.05) is 37.3 Å². The number of aryl methyl sites for hydroxylation is 1. The summed E-state index contributed by atoms with van der Waals surface area (Å²) in [5, 5.41) is 18.3. The highest BCUT2D eigenvalue weighted by Crippen LogP contribution is 2.38. The van der Waals surface area contributed by atoms with Gasteiger partial charge in [0.1, 0.15) is 29.6 Å². The zero-order valence-electron chi connectivity index (χ0n) is 15.6. The third kappa shape index (κ3) is 3.96. The molecule has 0 fully saturated rings. The normalized spacial score (nSPS) is 10.9. The maximum Gasteiger partial charge on any atom is 0.128 e. The molecule has 2 N–H and O–H groups in total. The highest BCUT2D eigenvalue weighted by molar-refractivity contribution is 6.31. The molecule has 0 unspecified atom stereocenters. The monoisotopic (exact) mass is 408 g/mol. The molecule has 1 heterocycles. The fraction of sp³-hybridized carbons (Fsp3) is 0.0870. The van der Waals surface area contributed by atoms with Crippen LogP contribution in [0.3, 0.4) is 0 Å². The van der Waals surface area contributed by atoms with E-state index in [0.717, 1.165) is 16.8 Å². The van der Waals surface area contributed by atoms with Crippen molar-refractivity contribution in [2.45, 2.75) is 13.5 Å². The minimum Gasteiger partial charge on any atom is -0.507 e. The van der Waals surface area contributed by atoms with Crippen LogP contribution in [0.5, 0.6) is 11.5 Å². The molecule has 146 valence electrons. The second kappa shape index (κ2) is 7.97. The molecule has 4 rings (SSSR count). The summed E-state index contributed by atoms with van der Waals surface area (Å²) in [6.07, 6.45) is 0. The van der Waals surface area contributed by atoms with Crippen molar-refractivity contribution in [2.75, 3.05) is 0 Å². The van der Waals surface area contributed by atoms with Crippen molar-refractivity contribution in [3.63, 3.8) is 0 Å². The van der Waals surface area contributed by atoms with Gasteiger partial charge < -0.3 is 9.84 Å². The van der Waals surface area contributed by atoms with Gasteiger partial charge in [-0.2, -0.15) is 5.10 Å². The van der Waals surface area contributed by atoms with E-state index in [2.05, 4.69) is 10.2 Å². The highest BCUT2D eigenvalue weighted by Gasteiger charge is 2.17. The first kappa shape index (κ1) is 19.0. The summed E-state index contributed by atoms with van der Waals surface area (Å²) in [7, 11) is 0. The number of hydrogen-bond donors (Lipinski definition) is 2. The van der Waals surface area contributed by atoms with Crippen LogP contribution in [-0.4, -0.2) is 15.3 Å².